The van der Waals surface area contributed by atoms with Crippen molar-refractivity contribution in [1.82, 2.24) is 0 Å². The first-order valence-corrected chi connectivity index (χ1v) is 9.62. The Morgan fingerprint density at radius 3 is 2.37 bits per heavy atom. The molecule has 3 rings (SSSR count). The zero-order chi connectivity index (χ0) is 22.3. The molecule has 0 saturated heterocycles. The third-order valence-corrected chi connectivity index (χ3v) is 5.50. The minimum absolute atomic E-state index is 0.126. The molecule has 0 radical (unpaired) electrons. The average Bonchev–Trinajstić information content (AvgIpc) is 2.65. The van der Waals surface area contributed by atoms with Gasteiger partial charge >= 0.3 is 27.9 Å². The Bertz CT molecular complexity index is 1310. The molecule has 2 aromatic carbocycles. The van der Waals surface area contributed by atoms with E-state index in [1.54, 1.807) is 0 Å². The zero-order valence-corrected chi connectivity index (χ0v) is 16.3. The molecule has 1 aromatic heterocycles. The van der Waals surface area contributed by atoms with Crippen molar-refractivity contribution >= 4 is 27.1 Å². The van der Waals surface area contributed by atoms with Crippen LogP contribution in [0.5, 0.6) is 5.75 Å². The van der Waals surface area contributed by atoms with Crippen molar-refractivity contribution in [2.75, 3.05) is 7.11 Å². The number of ether oxygens (including phenoxy) is 1. The van der Waals surface area contributed by atoms with Crippen molar-refractivity contribution in [3.63, 3.8) is 0 Å². The van der Waals surface area contributed by atoms with E-state index < -0.39 is 44.4 Å². The Labute approximate surface area is 167 Å². The van der Waals surface area contributed by atoms with Crippen LogP contribution in [0.1, 0.15) is 21.5 Å². The maximum absolute atomic E-state index is 13.1. The fraction of sp³-hybridized carbons (Fsp3) is 0.158. The van der Waals surface area contributed by atoms with Crippen LogP contribution in [0.15, 0.2) is 56.6 Å². The van der Waals surface area contributed by atoms with Gasteiger partial charge in [-0.25, -0.2) is 9.59 Å². The number of fused-ring (bicyclic) bond motifs is 1. The summed E-state index contributed by atoms with van der Waals surface area (Å²) in [5.41, 5.74) is -2.63. The highest BCUT2D eigenvalue weighted by Gasteiger charge is 2.34. The number of carbonyl (C=O) groups is 1. The first kappa shape index (κ1) is 21.4. The molecule has 0 atom stereocenters. The minimum Gasteiger partial charge on any atom is -0.465 e. The van der Waals surface area contributed by atoms with Gasteiger partial charge in [0.1, 0.15) is 16.2 Å². The van der Waals surface area contributed by atoms with Gasteiger partial charge in [0, 0.05) is 17.5 Å². The number of halogens is 3. The van der Waals surface area contributed by atoms with Gasteiger partial charge in [-0.15, -0.1) is 0 Å². The van der Waals surface area contributed by atoms with Gasteiger partial charge in [-0.3, -0.25) is 0 Å². The molecule has 0 aliphatic carbocycles. The quantitative estimate of drug-likeness (QED) is 0.345. The van der Waals surface area contributed by atoms with E-state index in [9.17, 15) is 31.2 Å². The van der Waals surface area contributed by atoms with Crippen molar-refractivity contribution in [2.24, 2.45) is 0 Å². The predicted molar refractivity (Wildman–Crippen MR) is 97.8 cm³/mol. The van der Waals surface area contributed by atoms with Gasteiger partial charge in [-0.1, -0.05) is 0 Å². The summed E-state index contributed by atoms with van der Waals surface area (Å²) in [6, 6.07) is 6.79. The van der Waals surface area contributed by atoms with E-state index in [0.717, 1.165) is 24.3 Å². The summed E-state index contributed by atoms with van der Waals surface area (Å²) in [6.45, 7) is 1.43. The standard InChI is InChI=1S/C19H13F3O7S/c1-10-7-11(18(24)27-2)3-6-16(10)30(25,26)29-12-4-5-13-14(19(20,21)22)9-17(23)28-15(13)8-12/h3-9H,1-2H3. The van der Waals surface area contributed by atoms with Crippen LogP contribution in [0.25, 0.3) is 11.0 Å². The van der Waals surface area contributed by atoms with Crippen LogP contribution in [0.3, 0.4) is 0 Å². The summed E-state index contributed by atoms with van der Waals surface area (Å²) in [4.78, 5) is 22.7. The largest absolute Gasteiger partial charge is 0.465 e. The van der Waals surface area contributed by atoms with Gasteiger partial charge in [-0.2, -0.15) is 21.6 Å². The third-order valence-electron chi connectivity index (χ3n) is 4.09. The number of hydrogen-bond acceptors (Lipinski definition) is 7. The fourth-order valence-electron chi connectivity index (χ4n) is 2.78. The highest BCUT2D eigenvalue weighted by Crippen LogP contribution is 2.35. The zero-order valence-electron chi connectivity index (χ0n) is 15.4. The Morgan fingerprint density at radius 2 is 1.77 bits per heavy atom. The summed E-state index contributed by atoms with van der Waals surface area (Å²) >= 11 is 0. The van der Waals surface area contributed by atoms with E-state index in [-0.39, 0.29) is 21.8 Å². The molecule has 7 nitrogen and oxygen atoms in total. The number of rotatable bonds is 4. The van der Waals surface area contributed by atoms with Crippen LogP contribution >= 0.6 is 0 Å². The molecule has 0 fully saturated rings. The third kappa shape index (κ3) is 4.15. The van der Waals surface area contributed by atoms with E-state index in [4.69, 9.17) is 8.60 Å². The number of aryl methyl sites for hydroxylation is 1. The predicted octanol–water partition coefficient (Wildman–Crippen LogP) is 3.67. The van der Waals surface area contributed by atoms with Gasteiger partial charge < -0.3 is 13.3 Å². The Hall–Kier alpha value is -3.34. The molecule has 0 aliphatic heterocycles. The molecule has 0 aliphatic rings. The lowest BCUT2D eigenvalue weighted by Gasteiger charge is -2.12. The number of methoxy groups -OCH3 is 1. The Kier molecular flexibility index (Phi) is 5.33. The van der Waals surface area contributed by atoms with Crippen LogP contribution in [0.2, 0.25) is 0 Å². The van der Waals surface area contributed by atoms with E-state index >= 15 is 0 Å². The van der Waals surface area contributed by atoms with E-state index in [1.165, 1.54) is 26.2 Å². The number of benzene rings is 2. The summed E-state index contributed by atoms with van der Waals surface area (Å²) < 4.78 is 78.8. The Morgan fingerprint density at radius 1 is 1.07 bits per heavy atom. The van der Waals surface area contributed by atoms with Crippen molar-refractivity contribution < 1.29 is 39.7 Å². The highest BCUT2D eigenvalue weighted by atomic mass is 32.2. The lowest BCUT2D eigenvalue weighted by atomic mass is 10.1. The van der Waals surface area contributed by atoms with Crippen LogP contribution in [-0.2, 0) is 21.0 Å². The van der Waals surface area contributed by atoms with Gasteiger partial charge in [-0.05, 0) is 42.8 Å². The van der Waals surface area contributed by atoms with Gasteiger partial charge in [0.05, 0.1) is 18.2 Å². The molecule has 0 N–H and O–H groups in total. The molecule has 0 spiro atoms. The second-order valence-electron chi connectivity index (χ2n) is 6.14. The maximum atomic E-state index is 13.1. The average molecular weight is 442 g/mol. The van der Waals surface area contributed by atoms with Crippen molar-refractivity contribution in [3.8, 4) is 5.75 Å². The van der Waals surface area contributed by atoms with Gasteiger partial charge in [0.2, 0.25) is 0 Å². The second-order valence-corrected chi connectivity index (χ2v) is 7.66. The lowest BCUT2D eigenvalue weighted by Crippen LogP contribution is -2.13. The number of carbonyl (C=O) groups excluding carboxylic acids is 1. The SMILES string of the molecule is COC(=O)c1ccc(S(=O)(=O)Oc2ccc3c(C(F)(F)F)cc(=O)oc3c2)c(C)c1. The molecule has 0 bridgehead atoms. The molecule has 3 aromatic rings. The molecule has 1 heterocycles. The van der Waals surface area contributed by atoms with E-state index in [2.05, 4.69) is 4.74 Å². The molecular formula is C19H13F3O7S. The van der Waals surface area contributed by atoms with Crippen LogP contribution in [0.4, 0.5) is 13.2 Å². The molecule has 30 heavy (non-hydrogen) atoms. The molecule has 0 amide bonds. The fourth-order valence-corrected chi connectivity index (χ4v) is 3.91. The lowest BCUT2D eigenvalue weighted by molar-refractivity contribution is -0.136. The monoisotopic (exact) mass is 442 g/mol. The molecular weight excluding hydrogens is 429 g/mol. The molecule has 158 valence electrons. The maximum Gasteiger partial charge on any atom is 0.417 e. The normalized spacial score (nSPS) is 12.0. The smallest absolute Gasteiger partial charge is 0.417 e. The minimum atomic E-state index is -4.80. The van der Waals surface area contributed by atoms with Crippen LogP contribution in [0, 0.1) is 6.92 Å². The summed E-state index contributed by atoms with van der Waals surface area (Å²) in [7, 11) is -3.23. The van der Waals surface area contributed by atoms with Gasteiger partial charge in [0.15, 0.2) is 0 Å². The first-order chi connectivity index (χ1) is 13.9. The van der Waals surface area contributed by atoms with Crippen LogP contribution < -0.4 is 9.81 Å². The number of alkyl halides is 3. The first-order valence-electron chi connectivity index (χ1n) is 8.21. The molecule has 0 saturated carbocycles. The topological polar surface area (TPSA) is 99.9 Å². The number of hydrogen-bond donors (Lipinski definition) is 0. The highest BCUT2D eigenvalue weighted by molar-refractivity contribution is 7.87. The molecule has 11 heteroatoms. The van der Waals surface area contributed by atoms with Crippen molar-refractivity contribution in [3.05, 3.63) is 69.6 Å². The summed E-state index contributed by atoms with van der Waals surface area (Å²) in [5, 5.41) is -0.426. The van der Waals surface area contributed by atoms with E-state index in [1.807, 2.05) is 0 Å². The van der Waals surface area contributed by atoms with Crippen molar-refractivity contribution in [2.45, 2.75) is 18.0 Å². The Balaban J connectivity index is 2.01. The summed E-state index contributed by atoms with van der Waals surface area (Å²) in [6.07, 6.45) is -4.80. The van der Waals surface area contributed by atoms with Gasteiger partial charge in [0.25, 0.3) is 0 Å². The molecule has 0 unspecified atom stereocenters. The van der Waals surface area contributed by atoms with Crippen molar-refractivity contribution in [1.29, 1.82) is 0 Å². The van der Waals surface area contributed by atoms with E-state index in [0.29, 0.717) is 6.07 Å². The summed E-state index contributed by atoms with van der Waals surface area (Å²) in [5.74, 6) is -1.02. The number of esters is 1. The second kappa shape index (κ2) is 7.48. The van der Waals surface area contributed by atoms with Crippen LogP contribution in [-0.4, -0.2) is 21.5 Å².